The average molecular weight is 649 g/mol. The fourth-order valence-corrected chi connectivity index (χ4v) is 4.11. The van der Waals surface area contributed by atoms with Crippen molar-refractivity contribution in [2.24, 2.45) is 5.73 Å². The highest BCUT2D eigenvalue weighted by Crippen LogP contribution is 2.33. The maximum absolute atomic E-state index is 13.5. The van der Waals surface area contributed by atoms with Gasteiger partial charge in [-0.15, -0.1) is 5.10 Å². The van der Waals surface area contributed by atoms with Gasteiger partial charge in [-0.1, -0.05) is 23.7 Å². The molecule has 10 nitrogen and oxygen atoms in total. The molecule has 4 N–H and O–H groups in total. The number of aromatic nitrogens is 3. The number of primary amides is 1. The molecule has 0 aliphatic rings. The van der Waals surface area contributed by atoms with Crippen LogP contribution in [-0.4, -0.2) is 43.8 Å². The van der Waals surface area contributed by atoms with E-state index in [4.69, 9.17) is 17.3 Å². The van der Waals surface area contributed by atoms with Gasteiger partial charge in [-0.05, 0) is 62.7 Å². The van der Waals surface area contributed by atoms with Gasteiger partial charge in [-0.2, -0.15) is 26.3 Å². The molecule has 3 amide bonds. The third kappa shape index (κ3) is 7.98. The van der Waals surface area contributed by atoms with Crippen molar-refractivity contribution < 1.29 is 40.7 Å². The number of halogens is 7. The first-order valence-corrected chi connectivity index (χ1v) is 13.1. The molecule has 44 heavy (non-hydrogen) atoms. The van der Waals surface area contributed by atoms with E-state index in [0.29, 0.717) is 20.3 Å². The van der Waals surface area contributed by atoms with Crippen LogP contribution in [0.2, 0.25) is 5.02 Å². The Balaban J connectivity index is 2.04. The summed E-state index contributed by atoms with van der Waals surface area (Å²) in [5.41, 5.74) is -1.06. The Hall–Kier alpha value is -4.34. The molecule has 0 saturated heterocycles. The predicted molar refractivity (Wildman–Crippen MR) is 146 cm³/mol. The molecule has 1 unspecified atom stereocenters. The van der Waals surface area contributed by atoms with Gasteiger partial charge in [0.25, 0.3) is 5.91 Å². The molecule has 238 valence electrons. The number of hydrogen-bond donors (Lipinski definition) is 3. The van der Waals surface area contributed by atoms with Crippen LogP contribution in [0, 0.1) is 0 Å². The second kappa shape index (κ2) is 12.3. The first kappa shape index (κ1) is 34.2. The van der Waals surface area contributed by atoms with Crippen molar-refractivity contribution in [3.05, 3.63) is 75.2 Å². The second-order valence-electron chi connectivity index (χ2n) is 10.5. The molecule has 2 aromatic carbocycles. The Labute approximate surface area is 251 Å². The summed E-state index contributed by atoms with van der Waals surface area (Å²) in [6.07, 6.45) is -10.8. The lowest BCUT2D eigenvalue weighted by molar-refractivity contribution is -0.139. The van der Waals surface area contributed by atoms with E-state index in [9.17, 15) is 45.5 Å². The summed E-state index contributed by atoms with van der Waals surface area (Å²) < 4.78 is 80.8. The average Bonchev–Trinajstić information content (AvgIpc) is 3.21. The third-order valence-corrected chi connectivity index (χ3v) is 6.84. The minimum absolute atomic E-state index is 0.203. The number of hydrogen-bond acceptors (Lipinski definition) is 5. The SMILES string of the molecule is CC(C)(NC(=O)C(C)(NC(=O)Cn1nc(-c2ccc(Cl)cc2)n(CCC(F)(F)F)c1=O)c1cccc(C(F)(F)F)c1)C(N)=O. The molecule has 1 atom stereocenters. The van der Waals surface area contributed by atoms with Gasteiger partial charge in [-0.25, -0.2) is 9.48 Å². The van der Waals surface area contributed by atoms with Crippen LogP contribution >= 0.6 is 11.6 Å². The van der Waals surface area contributed by atoms with E-state index in [0.717, 1.165) is 25.1 Å². The van der Waals surface area contributed by atoms with E-state index in [1.54, 1.807) is 0 Å². The molecule has 0 aliphatic carbocycles. The second-order valence-corrected chi connectivity index (χ2v) is 10.9. The number of rotatable bonds is 10. The van der Waals surface area contributed by atoms with Crippen molar-refractivity contribution >= 4 is 29.3 Å². The molecule has 0 radical (unpaired) electrons. The van der Waals surface area contributed by atoms with Gasteiger partial charge >= 0.3 is 18.0 Å². The third-order valence-electron chi connectivity index (χ3n) is 6.59. The lowest BCUT2D eigenvalue weighted by Crippen LogP contribution is -2.62. The van der Waals surface area contributed by atoms with E-state index in [-0.39, 0.29) is 17.0 Å². The molecule has 0 aliphatic heterocycles. The summed E-state index contributed by atoms with van der Waals surface area (Å²) in [4.78, 5) is 51.6. The van der Waals surface area contributed by atoms with Crippen LogP contribution in [-0.2, 0) is 39.2 Å². The summed E-state index contributed by atoms with van der Waals surface area (Å²) in [6, 6.07) is 9.10. The molecule has 0 spiro atoms. The van der Waals surface area contributed by atoms with Crippen LogP contribution in [0.5, 0.6) is 0 Å². The van der Waals surface area contributed by atoms with Crippen molar-refractivity contribution in [1.29, 1.82) is 0 Å². The Bertz CT molecular complexity index is 1610. The molecule has 3 aromatic rings. The largest absolute Gasteiger partial charge is 0.416 e. The van der Waals surface area contributed by atoms with Gasteiger partial charge in [0.15, 0.2) is 5.82 Å². The number of nitrogens with zero attached hydrogens (tertiary/aromatic N) is 3. The Kier molecular flexibility index (Phi) is 9.58. The number of nitrogens with one attached hydrogen (secondary N) is 2. The van der Waals surface area contributed by atoms with Gasteiger partial charge in [0.05, 0.1) is 12.0 Å². The van der Waals surface area contributed by atoms with Crippen molar-refractivity contribution in [3.63, 3.8) is 0 Å². The van der Waals surface area contributed by atoms with E-state index in [1.807, 2.05) is 0 Å². The highest BCUT2D eigenvalue weighted by atomic mass is 35.5. The first-order chi connectivity index (χ1) is 20.1. The zero-order valence-corrected chi connectivity index (χ0v) is 24.2. The molecule has 17 heteroatoms. The fraction of sp³-hybridized carbons (Fsp3) is 0.370. The highest BCUT2D eigenvalue weighted by molar-refractivity contribution is 6.30. The zero-order valence-electron chi connectivity index (χ0n) is 23.4. The monoisotopic (exact) mass is 648 g/mol. The molecule has 1 heterocycles. The summed E-state index contributed by atoms with van der Waals surface area (Å²) in [6.45, 7) is 1.74. The number of carbonyl (C=O) groups excluding carboxylic acids is 3. The number of alkyl halides is 6. The summed E-state index contributed by atoms with van der Waals surface area (Å²) in [5.74, 6) is -3.46. The van der Waals surface area contributed by atoms with Crippen LogP contribution in [0.4, 0.5) is 26.3 Å². The van der Waals surface area contributed by atoms with Gasteiger partial charge in [0.1, 0.15) is 17.6 Å². The maximum Gasteiger partial charge on any atom is 0.416 e. The highest BCUT2D eigenvalue weighted by Gasteiger charge is 2.42. The minimum atomic E-state index is -4.82. The quantitative estimate of drug-likeness (QED) is 0.287. The standard InChI is InChI=1S/C27H27ClF6N6O4/c1-24(2,21(35)42)37-22(43)25(3,16-5-4-6-17(13-16)27(32,33)34)36-19(41)14-40-23(44)39(12-11-26(29,30)31)20(38-40)15-7-9-18(28)10-8-15/h4-10,13H,11-12,14H2,1-3H3,(H2,35,42)(H,36,41)(H,37,43). The van der Waals surface area contributed by atoms with Crippen LogP contribution in [0.3, 0.4) is 0 Å². The summed E-state index contributed by atoms with van der Waals surface area (Å²) in [7, 11) is 0. The lowest BCUT2D eigenvalue weighted by Gasteiger charge is -2.34. The van der Waals surface area contributed by atoms with Crippen LogP contribution < -0.4 is 22.1 Å². The summed E-state index contributed by atoms with van der Waals surface area (Å²) in [5, 5.41) is 8.88. The van der Waals surface area contributed by atoms with E-state index in [1.165, 1.54) is 38.1 Å². The van der Waals surface area contributed by atoms with Gasteiger partial charge in [-0.3, -0.25) is 19.0 Å². The maximum atomic E-state index is 13.5. The van der Waals surface area contributed by atoms with E-state index < -0.39 is 71.9 Å². The van der Waals surface area contributed by atoms with E-state index in [2.05, 4.69) is 15.7 Å². The van der Waals surface area contributed by atoms with Gasteiger partial charge in [0.2, 0.25) is 11.8 Å². The fourth-order valence-electron chi connectivity index (χ4n) is 3.99. The Morgan fingerprint density at radius 3 is 2.07 bits per heavy atom. The topological polar surface area (TPSA) is 141 Å². The van der Waals surface area contributed by atoms with Crippen molar-refractivity contribution in [2.75, 3.05) is 0 Å². The molecular weight excluding hydrogens is 622 g/mol. The van der Waals surface area contributed by atoms with Crippen molar-refractivity contribution in [3.8, 4) is 11.4 Å². The van der Waals surface area contributed by atoms with Crippen LogP contribution in [0.1, 0.15) is 38.3 Å². The number of benzene rings is 2. The smallest absolute Gasteiger partial charge is 0.368 e. The number of carbonyl (C=O) groups is 3. The zero-order chi connectivity index (χ0) is 33.3. The lowest BCUT2D eigenvalue weighted by atomic mass is 9.88. The number of nitrogens with two attached hydrogens (primary N) is 1. The molecule has 3 rings (SSSR count). The van der Waals surface area contributed by atoms with Crippen LogP contribution in [0.15, 0.2) is 53.3 Å². The Morgan fingerprint density at radius 1 is 0.932 bits per heavy atom. The molecular formula is C27H27ClF6N6O4. The first-order valence-electron chi connectivity index (χ1n) is 12.8. The normalized spacial score (nSPS) is 13.7. The van der Waals surface area contributed by atoms with Crippen LogP contribution in [0.25, 0.3) is 11.4 Å². The minimum Gasteiger partial charge on any atom is -0.368 e. The number of amides is 3. The van der Waals surface area contributed by atoms with Crippen molar-refractivity contribution in [1.82, 2.24) is 25.0 Å². The molecule has 1 aromatic heterocycles. The van der Waals surface area contributed by atoms with Gasteiger partial charge < -0.3 is 16.4 Å². The molecule has 0 fully saturated rings. The summed E-state index contributed by atoms with van der Waals surface area (Å²) >= 11 is 5.88. The predicted octanol–water partition coefficient (Wildman–Crippen LogP) is 3.75. The van der Waals surface area contributed by atoms with Crippen molar-refractivity contribution in [2.45, 2.75) is 63.7 Å². The van der Waals surface area contributed by atoms with Gasteiger partial charge in [0, 0.05) is 17.1 Å². The molecule has 0 bridgehead atoms. The Morgan fingerprint density at radius 2 is 1.52 bits per heavy atom. The van der Waals surface area contributed by atoms with E-state index >= 15 is 0 Å². The molecule has 0 saturated carbocycles.